The first-order valence-electron chi connectivity index (χ1n) is 3.18. The molecule has 0 saturated heterocycles. The minimum absolute atomic E-state index is 0.514. The van der Waals surface area contributed by atoms with Crippen LogP contribution in [-0.4, -0.2) is 37.2 Å². The zero-order chi connectivity index (χ0) is 9.94. The van der Waals surface area contributed by atoms with Crippen LogP contribution in [0.3, 0.4) is 0 Å². The summed E-state index contributed by atoms with van der Waals surface area (Å²) in [5, 5.41) is 6.90. The highest BCUT2D eigenvalue weighted by atomic mass is 19.3. The van der Waals surface area contributed by atoms with Crippen LogP contribution >= 0.6 is 0 Å². The Bertz CT molecular complexity index is 167. The molecule has 0 aromatic heterocycles. The third-order valence-electron chi connectivity index (χ3n) is 1.26. The van der Waals surface area contributed by atoms with Crippen molar-refractivity contribution in [3.63, 3.8) is 0 Å². The molecule has 0 radical (unpaired) electrons. The van der Waals surface area contributed by atoms with Crippen molar-refractivity contribution in [1.82, 2.24) is 4.90 Å². The Kier molecular flexibility index (Phi) is 3.48. The maximum Gasteiger partial charge on any atom is 0.314 e. The lowest BCUT2D eigenvalue weighted by Gasteiger charge is -2.19. The topological polar surface area (TPSA) is 27.1 Å². The number of nitrogens with one attached hydrogen (secondary N) is 1. The van der Waals surface area contributed by atoms with Gasteiger partial charge in [0.2, 0.25) is 0 Å². The SMILES string of the molecule is CN(C)C(=N)CC(F)(F)C(F)F. The number of nitrogens with zero attached hydrogens (tertiary/aromatic N) is 1. The van der Waals surface area contributed by atoms with Crippen LogP contribution in [0.15, 0.2) is 0 Å². The molecule has 0 amide bonds. The van der Waals surface area contributed by atoms with E-state index in [9.17, 15) is 17.6 Å². The van der Waals surface area contributed by atoms with Gasteiger partial charge in [0.25, 0.3) is 0 Å². The molecule has 0 rings (SSSR count). The molecular weight excluding hydrogens is 176 g/mol. The molecule has 0 saturated carbocycles. The van der Waals surface area contributed by atoms with Crippen molar-refractivity contribution < 1.29 is 17.6 Å². The van der Waals surface area contributed by atoms with Crippen LogP contribution in [-0.2, 0) is 0 Å². The lowest BCUT2D eigenvalue weighted by Crippen LogP contribution is -2.34. The first-order valence-corrected chi connectivity index (χ1v) is 3.18. The summed E-state index contributed by atoms with van der Waals surface area (Å²) in [7, 11) is 2.70. The summed E-state index contributed by atoms with van der Waals surface area (Å²) in [6.07, 6.45) is -4.93. The zero-order valence-electron chi connectivity index (χ0n) is 6.74. The van der Waals surface area contributed by atoms with Crippen LogP contribution in [0.5, 0.6) is 0 Å². The molecule has 12 heavy (non-hydrogen) atoms. The maximum atomic E-state index is 12.2. The molecule has 0 aliphatic heterocycles. The fraction of sp³-hybridized carbons (Fsp3) is 0.833. The van der Waals surface area contributed by atoms with Gasteiger partial charge in [0.1, 0.15) is 5.84 Å². The minimum Gasteiger partial charge on any atom is -0.366 e. The predicted molar refractivity (Wildman–Crippen MR) is 37.0 cm³/mol. The molecule has 0 atom stereocenters. The van der Waals surface area contributed by atoms with Gasteiger partial charge in [-0.3, -0.25) is 5.41 Å². The van der Waals surface area contributed by atoms with E-state index in [0.29, 0.717) is 0 Å². The smallest absolute Gasteiger partial charge is 0.314 e. The van der Waals surface area contributed by atoms with Crippen LogP contribution < -0.4 is 0 Å². The quantitative estimate of drug-likeness (QED) is 0.406. The molecule has 72 valence electrons. The van der Waals surface area contributed by atoms with Gasteiger partial charge in [-0.15, -0.1) is 0 Å². The lowest BCUT2D eigenvalue weighted by atomic mass is 10.2. The van der Waals surface area contributed by atoms with E-state index in [1.807, 2.05) is 0 Å². The molecule has 0 aliphatic rings. The normalized spacial score (nSPS) is 11.9. The number of hydrogen-bond donors (Lipinski definition) is 1. The maximum absolute atomic E-state index is 12.2. The van der Waals surface area contributed by atoms with Gasteiger partial charge in [0.15, 0.2) is 0 Å². The Labute approximate surface area is 67.7 Å². The standard InChI is InChI=1S/C6H10F4N2/c1-12(2)4(11)3-6(9,10)5(7)8/h5,11H,3H2,1-2H3. The third kappa shape index (κ3) is 3.06. The number of halogens is 4. The zero-order valence-corrected chi connectivity index (χ0v) is 6.74. The molecule has 0 aliphatic carbocycles. The van der Waals surface area contributed by atoms with Crippen molar-refractivity contribution in [2.45, 2.75) is 18.8 Å². The number of hydrogen-bond acceptors (Lipinski definition) is 1. The molecule has 0 spiro atoms. The van der Waals surface area contributed by atoms with E-state index in [4.69, 9.17) is 5.41 Å². The fourth-order valence-electron chi connectivity index (χ4n) is 0.459. The van der Waals surface area contributed by atoms with Gasteiger partial charge in [-0.25, -0.2) is 8.78 Å². The predicted octanol–water partition coefficient (Wildman–Crippen LogP) is 1.82. The Hall–Kier alpha value is -0.810. The molecule has 0 fully saturated rings. The van der Waals surface area contributed by atoms with Crippen LogP contribution in [0.1, 0.15) is 6.42 Å². The van der Waals surface area contributed by atoms with Crippen molar-refractivity contribution in [1.29, 1.82) is 5.41 Å². The first-order chi connectivity index (χ1) is 5.27. The average Bonchev–Trinajstić information content (AvgIpc) is 1.85. The largest absolute Gasteiger partial charge is 0.366 e. The second kappa shape index (κ2) is 3.73. The second-order valence-corrected chi connectivity index (χ2v) is 2.58. The highest BCUT2D eigenvalue weighted by Gasteiger charge is 2.41. The van der Waals surface area contributed by atoms with Gasteiger partial charge in [0, 0.05) is 14.1 Å². The lowest BCUT2D eigenvalue weighted by molar-refractivity contribution is -0.123. The highest BCUT2D eigenvalue weighted by Crippen LogP contribution is 2.26. The number of amidine groups is 1. The van der Waals surface area contributed by atoms with E-state index in [0.717, 1.165) is 4.90 Å². The van der Waals surface area contributed by atoms with Crippen molar-refractivity contribution in [3.8, 4) is 0 Å². The molecule has 0 heterocycles. The molecule has 1 N–H and O–H groups in total. The minimum atomic E-state index is -4.10. The van der Waals surface area contributed by atoms with Gasteiger partial charge in [0.05, 0.1) is 6.42 Å². The van der Waals surface area contributed by atoms with Gasteiger partial charge >= 0.3 is 12.3 Å². The van der Waals surface area contributed by atoms with Crippen LogP contribution in [0, 0.1) is 5.41 Å². The van der Waals surface area contributed by atoms with Crippen molar-refractivity contribution >= 4 is 5.84 Å². The van der Waals surface area contributed by atoms with E-state index in [1.54, 1.807) is 0 Å². The molecular formula is C6H10F4N2. The summed E-state index contributed by atoms with van der Waals surface area (Å²) in [6.45, 7) is 0. The third-order valence-corrected chi connectivity index (χ3v) is 1.26. The van der Waals surface area contributed by atoms with Crippen molar-refractivity contribution in [2.75, 3.05) is 14.1 Å². The van der Waals surface area contributed by atoms with Crippen LogP contribution in [0.25, 0.3) is 0 Å². The Morgan fingerprint density at radius 1 is 1.42 bits per heavy atom. The van der Waals surface area contributed by atoms with Gasteiger partial charge in [-0.2, -0.15) is 8.78 Å². The van der Waals surface area contributed by atoms with E-state index in [1.165, 1.54) is 14.1 Å². The van der Waals surface area contributed by atoms with Gasteiger partial charge in [-0.05, 0) is 0 Å². The van der Waals surface area contributed by atoms with Gasteiger partial charge in [-0.1, -0.05) is 0 Å². The van der Waals surface area contributed by atoms with Gasteiger partial charge < -0.3 is 4.90 Å². The molecule has 0 aromatic carbocycles. The van der Waals surface area contributed by atoms with E-state index in [-0.39, 0.29) is 0 Å². The Morgan fingerprint density at radius 3 is 2.08 bits per heavy atom. The Balaban J connectivity index is 4.15. The highest BCUT2D eigenvalue weighted by molar-refractivity contribution is 5.79. The summed E-state index contributed by atoms with van der Waals surface area (Å²) >= 11 is 0. The van der Waals surface area contributed by atoms with Crippen LogP contribution in [0.2, 0.25) is 0 Å². The first kappa shape index (κ1) is 11.2. The Morgan fingerprint density at radius 2 is 1.83 bits per heavy atom. The summed E-state index contributed by atoms with van der Waals surface area (Å²) in [6, 6.07) is 0. The fourth-order valence-corrected chi connectivity index (χ4v) is 0.459. The van der Waals surface area contributed by atoms with E-state index in [2.05, 4.69) is 0 Å². The van der Waals surface area contributed by atoms with E-state index < -0.39 is 24.6 Å². The monoisotopic (exact) mass is 186 g/mol. The molecule has 2 nitrogen and oxygen atoms in total. The summed E-state index contributed by atoms with van der Waals surface area (Å²) in [5.41, 5.74) is 0. The second-order valence-electron chi connectivity index (χ2n) is 2.58. The molecule has 0 unspecified atom stereocenters. The van der Waals surface area contributed by atoms with E-state index >= 15 is 0 Å². The molecule has 6 heteroatoms. The summed E-state index contributed by atoms with van der Waals surface area (Å²) in [5.74, 6) is -4.61. The van der Waals surface area contributed by atoms with Crippen molar-refractivity contribution in [2.24, 2.45) is 0 Å². The number of rotatable bonds is 3. The summed E-state index contributed by atoms with van der Waals surface area (Å²) in [4.78, 5) is 1.07. The summed E-state index contributed by atoms with van der Waals surface area (Å²) < 4.78 is 47.6. The van der Waals surface area contributed by atoms with Crippen LogP contribution in [0.4, 0.5) is 17.6 Å². The molecule has 0 aromatic rings. The number of alkyl halides is 4. The average molecular weight is 186 g/mol. The molecule has 0 bridgehead atoms. The van der Waals surface area contributed by atoms with Crippen molar-refractivity contribution in [3.05, 3.63) is 0 Å².